The lowest BCUT2D eigenvalue weighted by atomic mass is 10.0. The Morgan fingerprint density at radius 2 is 1.96 bits per heavy atom. The first kappa shape index (κ1) is 18.0. The van der Waals surface area contributed by atoms with Crippen LogP contribution < -0.4 is 0 Å². The number of sulfonamides is 1. The quantitative estimate of drug-likeness (QED) is 0.766. The van der Waals surface area contributed by atoms with Crippen molar-refractivity contribution < 1.29 is 8.42 Å². The Morgan fingerprint density at radius 1 is 1.29 bits per heavy atom. The second-order valence-electron chi connectivity index (χ2n) is 6.85. The summed E-state index contributed by atoms with van der Waals surface area (Å²) in [7, 11) is -3.39. The molecule has 1 aliphatic rings. The summed E-state index contributed by atoms with van der Waals surface area (Å²) in [6.07, 6.45) is 1.89. The number of nitrogens with zero attached hydrogens (tertiary/aromatic N) is 2. The van der Waals surface area contributed by atoms with E-state index in [4.69, 9.17) is 0 Å². The van der Waals surface area contributed by atoms with Crippen LogP contribution in [-0.2, 0) is 10.0 Å². The van der Waals surface area contributed by atoms with E-state index in [-0.39, 0.29) is 0 Å². The topological polar surface area (TPSA) is 50.3 Å². The Bertz CT molecular complexity index is 813. The molecule has 1 aliphatic heterocycles. The monoisotopic (exact) mass is 384 g/mol. The van der Waals surface area contributed by atoms with Gasteiger partial charge in [-0.15, -0.1) is 22.7 Å². The summed E-state index contributed by atoms with van der Waals surface area (Å²) in [5.74, 6) is 0.995. The minimum atomic E-state index is -3.39. The van der Waals surface area contributed by atoms with E-state index in [0.717, 1.165) is 33.3 Å². The average Bonchev–Trinajstić information content (AvgIpc) is 3.14. The Labute approximate surface area is 152 Å². The molecular weight excluding hydrogens is 360 g/mol. The fourth-order valence-corrected chi connectivity index (χ4v) is 6.93. The van der Waals surface area contributed by atoms with Crippen LogP contribution >= 0.6 is 22.7 Å². The van der Waals surface area contributed by atoms with Gasteiger partial charge in [-0.3, -0.25) is 0 Å². The molecule has 1 fully saturated rings. The third kappa shape index (κ3) is 3.45. The third-order valence-electron chi connectivity index (χ3n) is 4.56. The largest absolute Gasteiger partial charge is 0.244 e. The van der Waals surface area contributed by atoms with E-state index in [0.29, 0.717) is 29.8 Å². The number of aryl methyl sites for hydroxylation is 1. The van der Waals surface area contributed by atoms with E-state index >= 15 is 0 Å². The maximum absolute atomic E-state index is 13.0. The molecule has 132 valence electrons. The standard InChI is InChI=1S/C17H24N2O2S3/c1-11(2)14-10-22-17(18-14)15-9-16(13(4)23-15)24(20,21)19-7-5-12(3)6-8-19/h9-12H,5-8H2,1-4H3. The van der Waals surface area contributed by atoms with Crippen LogP contribution in [-0.4, -0.2) is 30.8 Å². The van der Waals surface area contributed by atoms with Crippen molar-refractivity contribution in [2.75, 3.05) is 13.1 Å². The number of aromatic nitrogens is 1. The molecule has 0 aliphatic carbocycles. The van der Waals surface area contributed by atoms with Crippen LogP contribution in [0.3, 0.4) is 0 Å². The van der Waals surface area contributed by atoms with E-state index in [1.807, 2.05) is 13.0 Å². The average molecular weight is 385 g/mol. The van der Waals surface area contributed by atoms with Crippen LogP contribution in [0.1, 0.15) is 50.1 Å². The molecule has 7 heteroatoms. The van der Waals surface area contributed by atoms with Gasteiger partial charge in [-0.1, -0.05) is 20.8 Å². The van der Waals surface area contributed by atoms with Crippen LogP contribution in [0.25, 0.3) is 9.88 Å². The highest BCUT2D eigenvalue weighted by Gasteiger charge is 2.30. The molecule has 4 nitrogen and oxygen atoms in total. The zero-order valence-corrected chi connectivity index (χ0v) is 17.0. The molecule has 2 aromatic heterocycles. The fourth-order valence-electron chi connectivity index (χ4n) is 2.86. The second-order valence-corrected chi connectivity index (χ2v) is 10.9. The van der Waals surface area contributed by atoms with Crippen molar-refractivity contribution in [1.29, 1.82) is 0 Å². The van der Waals surface area contributed by atoms with Crippen LogP contribution in [0.2, 0.25) is 0 Å². The number of hydrogen-bond acceptors (Lipinski definition) is 5. The molecule has 0 bridgehead atoms. The molecule has 0 aromatic carbocycles. The van der Waals surface area contributed by atoms with Crippen LogP contribution in [0.5, 0.6) is 0 Å². The molecule has 24 heavy (non-hydrogen) atoms. The molecule has 3 rings (SSSR count). The molecule has 0 atom stereocenters. The van der Waals surface area contributed by atoms with E-state index in [1.165, 1.54) is 11.3 Å². The van der Waals surface area contributed by atoms with Gasteiger partial charge in [0.15, 0.2) is 0 Å². The highest BCUT2D eigenvalue weighted by Crippen LogP contribution is 2.37. The van der Waals surface area contributed by atoms with E-state index in [1.54, 1.807) is 15.6 Å². The smallest absolute Gasteiger partial charge is 0.240 e. The summed E-state index contributed by atoms with van der Waals surface area (Å²) in [5, 5.41) is 2.98. The van der Waals surface area contributed by atoms with Gasteiger partial charge in [-0.2, -0.15) is 4.31 Å². The molecule has 1 saturated heterocycles. The molecule has 3 heterocycles. The number of piperidine rings is 1. The molecule has 0 unspecified atom stereocenters. The third-order valence-corrected chi connectivity index (χ3v) is 8.79. The molecule has 0 N–H and O–H groups in total. The first-order valence-electron chi connectivity index (χ1n) is 8.35. The van der Waals surface area contributed by atoms with Crippen molar-refractivity contribution in [3.63, 3.8) is 0 Å². The fraction of sp³-hybridized carbons (Fsp3) is 0.588. The molecule has 0 amide bonds. The van der Waals surface area contributed by atoms with Gasteiger partial charge < -0.3 is 0 Å². The van der Waals surface area contributed by atoms with Crippen molar-refractivity contribution in [3.8, 4) is 9.88 Å². The summed E-state index contributed by atoms with van der Waals surface area (Å²) in [6.45, 7) is 9.57. The summed E-state index contributed by atoms with van der Waals surface area (Å²) in [4.78, 5) is 6.92. The van der Waals surface area contributed by atoms with Gasteiger partial charge in [0, 0.05) is 23.3 Å². The van der Waals surface area contributed by atoms with Crippen molar-refractivity contribution in [2.24, 2.45) is 5.92 Å². The highest BCUT2D eigenvalue weighted by atomic mass is 32.2. The van der Waals surface area contributed by atoms with E-state index in [9.17, 15) is 8.42 Å². The molecule has 2 aromatic rings. The number of rotatable bonds is 4. The predicted octanol–water partition coefficient (Wildman–Crippen LogP) is 4.72. The Hall–Kier alpha value is -0.760. The summed E-state index contributed by atoms with van der Waals surface area (Å²) < 4.78 is 27.6. The number of thiazole rings is 1. The minimum absolute atomic E-state index is 0.384. The maximum Gasteiger partial charge on any atom is 0.244 e. The molecule has 0 spiro atoms. The maximum atomic E-state index is 13.0. The number of hydrogen-bond donors (Lipinski definition) is 0. The van der Waals surface area contributed by atoms with Gasteiger partial charge in [0.1, 0.15) is 5.01 Å². The first-order chi connectivity index (χ1) is 11.3. The lowest BCUT2D eigenvalue weighted by Crippen LogP contribution is -2.37. The van der Waals surface area contributed by atoms with E-state index in [2.05, 4.69) is 31.1 Å². The van der Waals surface area contributed by atoms with Crippen molar-refractivity contribution in [2.45, 2.75) is 51.3 Å². The Morgan fingerprint density at radius 3 is 2.54 bits per heavy atom. The Balaban J connectivity index is 1.90. The first-order valence-corrected chi connectivity index (χ1v) is 11.5. The lowest BCUT2D eigenvalue weighted by molar-refractivity contribution is 0.288. The van der Waals surface area contributed by atoms with Gasteiger partial charge in [-0.05, 0) is 37.7 Å². The summed E-state index contributed by atoms with van der Waals surface area (Å²) in [5.41, 5.74) is 1.07. The van der Waals surface area contributed by atoms with Crippen LogP contribution in [0.4, 0.5) is 0 Å². The normalized spacial score (nSPS) is 17.7. The highest BCUT2D eigenvalue weighted by molar-refractivity contribution is 7.89. The van der Waals surface area contributed by atoms with Crippen molar-refractivity contribution in [3.05, 3.63) is 22.0 Å². The van der Waals surface area contributed by atoms with Gasteiger partial charge >= 0.3 is 0 Å². The summed E-state index contributed by atoms with van der Waals surface area (Å²) in [6, 6.07) is 1.82. The summed E-state index contributed by atoms with van der Waals surface area (Å²) >= 11 is 3.12. The minimum Gasteiger partial charge on any atom is -0.240 e. The SMILES string of the molecule is Cc1sc(-c2nc(C(C)C)cs2)cc1S(=O)(=O)N1CCC(C)CC1. The van der Waals surface area contributed by atoms with Gasteiger partial charge in [-0.25, -0.2) is 13.4 Å². The van der Waals surface area contributed by atoms with Crippen molar-refractivity contribution >= 4 is 32.7 Å². The van der Waals surface area contributed by atoms with Gasteiger partial charge in [0.25, 0.3) is 0 Å². The zero-order valence-electron chi connectivity index (χ0n) is 14.6. The second kappa shape index (κ2) is 6.86. The molecular formula is C17H24N2O2S3. The molecule has 0 radical (unpaired) electrons. The van der Waals surface area contributed by atoms with Crippen LogP contribution in [0.15, 0.2) is 16.3 Å². The Kier molecular flexibility index (Phi) is 5.16. The molecule has 0 saturated carbocycles. The number of thiophene rings is 1. The van der Waals surface area contributed by atoms with Crippen molar-refractivity contribution in [1.82, 2.24) is 9.29 Å². The zero-order chi connectivity index (χ0) is 17.5. The van der Waals surface area contributed by atoms with E-state index < -0.39 is 10.0 Å². The predicted molar refractivity (Wildman–Crippen MR) is 101 cm³/mol. The lowest BCUT2D eigenvalue weighted by Gasteiger charge is -2.29. The van der Waals surface area contributed by atoms with Gasteiger partial charge in [0.2, 0.25) is 10.0 Å². The van der Waals surface area contributed by atoms with Crippen LogP contribution in [0, 0.1) is 12.8 Å². The van der Waals surface area contributed by atoms with Gasteiger partial charge in [0.05, 0.1) is 15.5 Å².